The second-order valence-corrected chi connectivity index (χ2v) is 6.68. The Morgan fingerprint density at radius 3 is 2.50 bits per heavy atom. The molecule has 1 aromatic carbocycles. The number of aromatic nitrogens is 3. The van der Waals surface area contributed by atoms with Gasteiger partial charge in [-0.1, -0.05) is 6.07 Å². The van der Waals surface area contributed by atoms with Gasteiger partial charge in [0.25, 0.3) is 12.3 Å². The molecule has 1 unspecified atom stereocenters. The Labute approximate surface area is 169 Å². The molecule has 0 aliphatic carbocycles. The van der Waals surface area contributed by atoms with Gasteiger partial charge < -0.3 is 10.8 Å². The molecule has 0 bridgehead atoms. The number of carbonyl (C=O) groups excluding carboxylic acids is 1. The molecule has 30 heavy (non-hydrogen) atoms. The standard InChI is InChI=1S/C20H16F2N6O2/c1-28-18(30)20(27-19(28)23,13-5-6-24-15(9-13)17(21)22)12-2-3-16(29)14(8-12)11-4-7-25-26-10-11/h2-10,17,29H,1H3,(H2,23,27). The summed E-state index contributed by atoms with van der Waals surface area (Å²) in [5.74, 6) is -0.632. The highest BCUT2D eigenvalue weighted by Gasteiger charge is 2.50. The van der Waals surface area contributed by atoms with Crippen LogP contribution in [0.15, 0.2) is 60.0 Å². The summed E-state index contributed by atoms with van der Waals surface area (Å²) in [6.45, 7) is 0. The van der Waals surface area contributed by atoms with E-state index < -0.39 is 23.6 Å². The van der Waals surface area contributed by atoms with Crippen molar-refractivity contribution in [1.29, 1.82) is 0 Å². The van der Waals surface area contributed by atoms with Gasteiger partial charge in [-0.15, -0.1) is 0 Å². The highest BCUT2D eigenvalue weighted by Crippen LogP contribution is 2.42. The topological polar surface area (TPSA) is 118 Å². The monoisotopic (exact) mass is 410 g/mol. The molecule has 3 aromatic rings. The van der Waals surface area contributed by atoms with Crippen LogP contribution in [0.25, 0.3) is 11.1 Å². The number of aliphatic imine (C=N–C) groups is 1. The molecule has 10 heteroatoms. The van der Waals surface area contributed by atoms with E-state index in [1.54, 1.807) is 12.1 Å². The van der Waals surface area contributed by atoms with Gasteiger partial charge in [-0.2, -0.15) is 10.2 Å². The predicted molar refractivity (Wildman–Crippen MR) is 103 cm³/mol. The van der Waals surface area contributed by atoms with Crippen molar-refractivity contribution in [3.63, 3.8) is 0 Å². The summed E-state index contributed by atoms with van der Waals surface area (Å²) in [6.07, 6.45) is 1.28. The molecule has 152 valence electrons. The van der Waals surface area contributed by atoms with Crippen LogP contribution in [0.4, 0.5) is 8.78 Å². The van der Waals surface area contributed by atoms with E-state index in [0.29, 0.717) is 16.7 Å². The van der Waals surface area contributed by atoms with Gasteiger partial charge in [-0.25, -0.2) is 13.8 Å². The van der Waals surface area contributed by atoms with Crippen LogP contribution in [0.2, 0.25) is 0 Å². The van der Waals surface area contributed by atoms with E-state index in [1.807, 2.05) is 0 Å². The largest absolute Gasteiger partial charge is 0.507 e. The smallest absolute Gasteiger partial charge is 0.280 e. The first-order valence-corrected chi connectivity index (χ1v) is 8.83. The molecule has 3 N–H and O–H groups in total. The van der Waals surface area contributed by atoms with Crippen LogP contribution in [-0.4, -0.2) is 44.1 Å². The third-order valence-electron chi connectivity index (χ3n) is 4.97. The summed E-state index contributed by atoms with van der Waals surface area (Å²) in [4.78, 5) is 22.5. The number of alkyl halides is 2. The van der Waals surface area contributed by atoms with Gasteiger partial charge in [-0.3, -0.25) is 14.7 Å². The molecule has 1 aliphatic rings. The van der Waals surface area contributed by atoms with Crippen molar-refractivity contribution >= 4 is 11.9 Å². The number of amides is 1. The maximum atomic E-state index is 13.3. The lowest BCUT2D eigenvalue weighted by molar-refractivity contribution is -0.129. The quantitative estimate of drug-likeness (QED) is 0.681. The summed E-state index contributed by atoms with van der Waals surface area (Å²) in [7, 11) is 1.45. The molecule has 2 aromatic heterocycles. The van der Waals surface area contributed by atoms with Crippen molar-refractivity contribution in [2.45, 2.75) is 12.0 Å². The predicted octanol–water partition coefficient (Wildman–Crippen LogP) is 2.21. The molecule has 8 nitrogen and oxygen atoms in total. The molecule has 0 radical (unpaired) electrons. The van der Waals surface area contributed by atoms with E-state index in [1.165, 1.54) is 43.8 Å². The number of pyridine rings is 1. The van der Waals surface area contributed by atoms with Crippen LogP contribution in [0.5, 0.6) is 5.75 Å². The number of benzene rings is 1. The normalized spacial score (nSPS) is 18.7. The lowest BCUT2D eigenvalue weighted by Crippen LogP contribution is -2.41. The van der Waals surface area contributed by atoms with E-state index in [0.717, 1.165) is 11.0 Å². The molecule has 0 saturated heterocycles. The van der Waals surface area contributed by atoms with Crippen LogP contribution >= 0.6 is 0 Å². The molecule has 1 aliphatic heterocycles. The summed E-state index contributed by atoms with van der Waals surface area (Å²) in [5, 5.41) is 17.9. The van der Waals surface area contributed by atoms with Gasteiger partial charge >= 0.3 is 0 Å². The SMILES string of the molecule is CN1C(=O)C(c2ccnc(C(F)F)c2)(c2ccc(O)c(-c3ccnnc3)c2)N=C1N. The average Bonchev–Trinajstić information content (AvgIpc) is 2.99. The molecular weight excluding hydrogens is 394 g/mol. The van der Waals surface area contributed by atoms with Crippen LogP contribution in [0.1, 0.15) is 23.2 Å². The Hall–Kier alpha value is -3.95. The molecule has 0 saturated carbocycles. The highest BCUT2D eigenvalue weighted by molar-refractivity contribution is 6.09. The van der Waals surface area contributed by atoms with Crippen LogP contribution in [0.3, 0.4) is 0 Å². The second-order valence-electron chi connectivity index (χ2n) is 6.68. The minimum atomic E-state index is -2.82. The molecular formula is C20H16F2N6O2. The number of halogens is 2. The molecule has 1 atom stereocenters. The maximum Gasteiger partial charge on any atom is 0.280 e. The number of aromatic hydroxyl groups is 1. The lowest BCUT2D eigenvalue weighted by atomic mass is 9.81. The van der Waals surface area contributed by atoms with Gasteiger partial charge in [0.05, 0.1) is 12.4 Å². The fourth-order valence-corrected chi connectivity index (χ4v) is 3.42. The van der Waals surface area contributed by atoms with E-state index in [9.17, 15) is 18.7 Å². The Morgan fingerprint density at radius 1 is 1.10 bits per heavy atom. The number of nitrogens with two attached hydrogens (primary N) is 1. The number of guanidine groups is 1. The van der Waals surface area contributed by atoms with E-state index in [-0.39, 0.29) is 17.3 Å². The number of nitrogens with zero attached hydrogens (tertiary/aromatic N) is 5. The van der Waals surface area contributed by atoms with Crippen LogP contribution < -0.4 is 5.73 Å². The number of likely N-dealkylation sites (N-methyl/N-ethyl adjacent to an activating group) is 1. The van der Waals surface area contributed by atoms with Gasteiger partial charge in [0, 0.05) is 24.4 Å². The number of phenolic OH excluding ortho intramolecular Hbond substituents is 1. The van der Waals surface area contributed by atoms with Gasteiger partial charge in [0.2, 0.25) is 0 Å². The lowest BCUT2D eigenvalue weighted by Gasteiger charge is -2.27. The van der Waals surface area contributed by atoms with Crippen molar-refractivity contribution in [3.05, 3.63) is 71.8 Å². The van der Waals surface area contributed by atoms with Gasteiger partial charge in [0.1, 0.15) is 11.4 Å². The summed E-state index contributed by atoms with van der Waals surface area (Å²) in [5.41, 5.74) is 5.20. The zero-order chi connectivity index (χ0) is 21.5. The third-order valence-corrected chi connectivity index (χ3v) is 4.97. The first-order chi connectivity index (χ1) is 14.3. The second kappa shape index (κ2) is 7.14. The average molecular weight is 410 g/mol. The van der Waals surface area contributed by atoms with Crippen molar-refractivity contribution in [1.82, 2.24) is 20.1 Å². The number of rotatable bonds is 4. The van der Waals surface area contributed by atoms with Crippen LogP contribution in [-0.2, 0) is 10.3 Å². The Balaban J connectivity index is 1.98. The first-order valence-electron chi connectivity index (χ1n) is 8.83. The maximum absolute atomic E-state index is 13.3. The molecule has 0 spiro atoms. The number of carbonyl (C=O) groups is 1. The molecule has 1 amide bonds. The third kappa shape index (κ3) is 2.93. The minimum Gasteiger partial charge on any atom is -0.507 e. The van der Waals surface area contributed by atoms with Crippen molar-refractivity contribution in [3.8, 4) is 16.9 Å². The van der Waals surface area contributed by atoms with Gasteiger partial charge in [-0.05, 0) is 41.5 Å². The van der Waals surface area contributed by atoms with E-state index >= 15 is 0 Å². The Bertz CT molecular complexity index is 1160. The minimum absolute atomic E-state index is 0.0550. The number of hydrogen-bond acceptors (Lipinski definition) is 7. The molecule has 0 fully saturated rings. The molecule has 3 heterocycles. The zero-order valence-corrected chi connectivity index (χ0v) is 15.7. The Morgan fingerprint density at radius 2 is 1.87 bits per heavy atom. The zero-order valence-electron chi connectivity index (χ0n) is 15.7. The Kier molecular flexibility index (Phi) is 4.61. The van der Waals surface area contributed by atoms with Crippen LogP contribution in [0, 0.1) is 0 Å². The number of hydrogen-bond donors (Lipinski definition) is 2. The fourth-order valence-electron chi connectivity index (χ4n) is 3.42. The molecule has 4 rings (SSSR count). The van der Waals surface area contributed by atoms with Crippen molar-refractivity contribution in [2.24, 2.45) is 10.7 Å². The summed E-state index contributed by atoms with van der Waals surface area (Å²) >= 11 is 0. The summed E-state index contributed by atoms with van der Waals surface area (Å²) in [6, 6.07) is 8.69. The van der Waals surface area contributed by atoms with Gasteiger partial charge in [0.15, 0.2) is 11.5 Å². The fraction of sp³-hybridized carbons (Fsp3) is 0.150. The van der Waals surface area contributed by atoms with Crippen molar-refractivity contribution in [2.75, 3.05) is 7.05 Å². The number of phenols is 1. The van der Waals surface area contributed by atoms with E-state index in [4.69, 9.17) is 5.73 Å². The summed E-state index contributed by atoms with van der Waals surface area (Å²) < 4.78 is 26.6. The van der Waals surface area contributed by atoms with E-state index in [2.05, 4.69) is 20.2 Å². The van der Waals surface area contributed by atoms with Crippen molar-refractivity contribution < 1.29 is 18.7 Å². The highest BCUT2D eigenvalue weighted by atomic mass is 19.3. The first kappa shape index (κ1) is 19.4.